The highest BCUT2D eigenvalue weighted by Crippen LogP contribution is 2.38. The summed E-state index contributed by atoms with van der Waals surface area (Å²) >= 11 is 12.7. The van der Waals surface area contributed by atoms with Crippen molar-refractivity contribution in [3.63, 3.8) is 0 Å². The summed E-state index contributed by atoms with van der Waals surface area (Å²) in [5.74, 6) is -0.207. The van der Waals surface area contributed by atoms with Gasteiger partial charge in [0, 0.05) is 16.7 Å². The average Bonchev–Trinajstić information content (AvgIpc) is 2.84. The van der Waals surface area contributed by atoms with Crippen LogP contribution in [0.2, 0.25) is 10.0 Å². The topological polar surface area (TPSA) is 114 Å². The molecule has 0 heterocycles. The van der Waals surface area contributed by atoms with E-state index >= 15 is 0 Å². The standard InChI is InChI=1S/C26H21Cl2N3O5/c1-3-35-24-13-17(12-21(28)25(24)36-15-18-6-4-5-7-20(18)27)11-19(14-29)26(32)30-22-9-8-16(2)10-23(22)31(33)34/h4-13H,3,15H2,1-2H3,(H,30,32)/b19-11+. The molecular formula is C26H21Cl2N3O5. The maximum atomic E-state index is 12.7. The van der Waals surface area contributed by atoms with Crippen LogP contribution < -0.4 is 14.8 Å². The number of ether oxygens (including phenoxy) is 2. The first-order valence-electron chi connectivity index (χ1n) is 10.7. The first-order valence-corrected chi connectivity index (χ1v) is 11.5. The molecule has 0 unspecified atom stereocenters. The first-order chi connectivity index (χ1) is 17.2. The van der Waals surface area contributed by atoms with E-state index in [0.717, 1.165) is 5.56 Å². The SMILES string of the molecule is CCOc1cc(/C=C(\C#N)C(=O)Nc2ccc(C)cc2[N+](=O)[O-])cc(Cl)c1OCc1ccccc1Cl. The Morgan fingerprint density at radius 1 is 1.14 bits per heavy atom. The van der Waals surface area contributed by atoms with Gasteiger partial charge in [-0.15, -0.1) is 0 Å². The Labute approximate surface area is 217 Å². The van der Waals surface area contributed by atoms with Crippen LogP contribution >= 0.6 is 23.2 Å². The molecule has 0 radical (unpaired) electrons. The fourth-order valence-electron chi connectivity index (χ4n) is 3.24. The molecule has 0 aromatic heterocycles. The zero-order valence-corrected chi connectivity index (χ0v) is 20.9. The van der Waals surface area contributed by atoms with Gasteiger partial charge in [-0.25, -0.2) is 0 Å². The van der Waals surface area contributed by atoms with Gasteiger partial charge in [-0.3, -0.25) is 14.9 Å². The van der Waals surface area contributed by atoms with Gasteiger partial charge < -0.3 is 14.8 Å². The van der Waals surface area contributed by atoms with Gasteiger partial charge in [-0.1, -0.05) is 47.5 Å². The van der Waals surface area contributed by atoms with E-state index in [9.17, 15) is 20.2 Å². The fourth-order valence-corrected chi connectivity index (χ4v) is 3.71. The van der Waals surface area contributed by atoms with Crippen LogP contribution in [0.25, 0.3) is 6.08 Å². The number of halogens is 2. The van der Waals surface area contributed by atoms with E-state index in [0.29, 0.717) is 28.5 Å². The van der Waals surface area contributed by atoms with Gasteiger partial charge in [-0.2, -0.15) is 5.26 Å². The number of nitro benzene ring substituents is 1. The molecule has 10 heteroatoms. The Morgan fingerprint density at radius 2 is 1.89 bits per heavy atom. The quantitative estimate of drug-likeness (QED) is 0.143. The number of carbonyl (C=O) groups is 1. The molecule has 8 nitrogen and oxygen atoms in total. The van der Waals surface area contributed by atoms with Crippen molar-refractivity contribution < 1.29 is 19.2 Å². The van der Waals surface area contributed by atoms with E-state index in [1.165, 1.54) is 24.3 Å². The minimum Gasteiger partial charge on any atom is -0.490 e. The molecule has 0 saturated heterocycles. The Morgan fingerprint density at radius 3 is 2.56 bits per heavy atom. The van der Waals surface area contributed by atoms with Crippen LogP contribution in [0.3, 0.4) is 0 Å². The molecule has 0 fully saturated rings. The molecule has 0 aliphatic heterocycles. The van der Waals surface area contributed by atoms with Crippen molar-refractivity contribution in [2.45, 2.75) is 20.5 Å². The number of nitriles is 1. The molecule has 0 saturated carbocycles. The number of nitrogens with zero attached hydrogens (tertiary/aromatic N) is 2. The minimum absolute atomic E-state index is 0.0203. The zero-order valence-electron chi connectivity index (χ0n) is 19.4. The van der Waals surface area contributed by atoms with Crippen LogP contribution in [0.15, 0.2) is 60.2 Å². The van der Waals surface area contributed by atoms with Crippen LogP contribution in [-0.2, 0) is 11.4 Å². The summed E-state index contributed by atoms with van der Waals surface area (Å²) in [4.78, 5) is 23.5. The number of nitro groups is 1. The highest BCUT2D eigenvalue weighted by molar-refractivity contribution is 6.32. The average molecular weight is 526 g/mol. The molecule has 0 aliphatic carbocycles. The maximum Gasteiger partial charge on any atom is 0.293 e. The van der Waals surface area contributed by atoms with Crippen LogP contribution in [-0.4, -0.2) is 17.4 Å². The van der Waals surface area contributed by atoms with Crippen molar-refractivity contribution in [3.8, 4) is 17.6 Å². The molecule has 3 aromatic carbocycles. The third-order valence-electron chi connectivity index (χ3n) is 4.94. The molecule has 36 heavy (non-hydrogen) atoms. The summed E-state index contributed by atoms with van der Waals surface area (Å²) in [7, 11) is 0. The predicted octanol–water partition coefficient (Wildman–Crippen LogP) is 6.73. The number of hydrogen-bond donors (Lipinski definition) is 1. The molecule has 1 N–H and O–H groups in total. The number of rotatable bonds is 9. The Hall–Kier alpha value is -4.06. The van der Waals surface area contributed by atoms with Gasteiger partial charge in [0.25, 0.3) is 11.6 Å². The van der Waals surface area contributed by atoms with Crippen molar-refractivity contribution in [1.82, 2.24) is 0 Å². The smallest absolute Gasteiger partial charge is 0.293 e. The highest BCUT2D eigenvalue weighted by Gasteiger charge is 2.19. The third kappa shape index (κ3) is 6.54. The number of amides is 1. The first kappa shape index (κ1) is 26.5. The van der Waals surface area contributed by atoms with Crippen molar-refractivity contribution in [2.75, 3.05) is 11.9 Å². The number of nitrogens with one attached hydrogen (secondary N) is 1. The number of aryl methyl sites for hydroxylation is 1. The summed E-state index contributed by atoms with van der Waals surface area (Å²) < 4.78 is 11.5. The van der Waals surface area contributed by atoms with E-state index < -0.39 is 10.8 Å². The molecule has 1 amide bonds. The summed E-state index contributed by atoms with van der Waals surface area (Å²) in [6.45, 7) is 3.95. The zero-order chi connectivity index (χ0) is 26.2. The van der Waals surface area contributed by atoms with Crippen molar-refractivity contribution in [2.24, 2.45) is 0 Å². The van der Waals surface area contributed by atoms with E-state index in [1.807, 2.05) is 24.3 Å². The largest absolute Gasteiger partial charge is 0.490 e. The fraction of sp³-hybridized carbons (Fsp3) is 0.154. The molecule has 0 spiro atoms. The minimum atomic E-state index is -0.808. The predicted molar refractivity (Wildman–Crippen MR) is 138 cm³/mol. The highest BCUT2D eigenvalue weighted by atomic mass is 35.5. The third-order valence-corrected chi connectivity index (χ3v) is 5.59. The van der Waals surface area contributed by atoms with Gasteiger partial charge in [-0.05, 0) is 55.3 Å². The second kappa shape index (κ2) is 12.1. The van der Waals surface area contributed by atoms with Crippen molar-refractivity contribution >= 4 is 46.6 Å². The molecule has 184 valence electrons. The summed E-state index contributed by atoms with van der Waals surface area (Å²) in [6, 6.07) is 16.5. The number of anilines is 1. The van der Waals surface area contributed by atoms with Crippen LogP contribution in [0.1, 0.15) is 23.6 Å². The summed E-state index contributed by atoms with van der Waals surface area (Å²) in [5.41, 5.74) is 1.24. The Kier molecular flexibility index (Phi) is 8.90. The normalized spacial score (nSPS) is 10.9. The molecular weight excluding hydrogens is 505 g/mol. The summed E-state index contributed by atoms with van der Waals surface area (Å²) in [6.07, 6.45) is 1.31. The second-order valence-corrected chi connectivity index (χ2v) is 8.36. The second-order valence-electron chi connectivity index (χ2n) is 7.54. The molecule has 0 bridgehead atoms. The van der Waals surface area contributed by atoms with Gasteiger partial charge in [0.05, 0.1) is 16.6 Å². The van der Waals surface area contributed by atoms with Gasteiger partial charge >= 0.3 is 0 Å². The number of hydrogen-bond acceptors (Lipinski definition) is 6. The lowest BCUT2D eigenvalue weighted by Crippen LogP contribution is -2.14. The molecule has 3 rings (SSSR count). The lowest BCUT2D eigenvalue weighted by atomic mass is 10.1. The van der Waals surface area contributed by atoms with E-state index in [4.69, 9.17) is 32.7 Å². The summed E-state index contributed by atoms with van der Waals surface area (Å²) in [5, 5.41) is 24.1. The van der Waals surface area contributed by atoms with E-state index in [-0.39, 0.29) is 34.3 Å². The lowest BCUT2D eigenvalue weighted by Gasteiger charge is -2.15. The molecule has 3 aromatic rings. The van der Waals surface area contributed by atoms with Crippen LogP contribution in [0.5, 0.6) is 11.5 Å². The van der Waals surface area contributed by atoms with Crippen LogP contribution in [0, 0.1) is 28.4 Å². The van der Waals surface area contributed by atoms with Gasteiger partial charge in [0.15, 0.2) is 11.5 Å². The Bertz CT molecular complexity index is 1380. The number of benzene rings is 3. The maximum absolute atomic E-state index is 12.7. The van der Waals surface area contributed by atoms with Crippen molar-refractivity contribution in [1.29, 1.82) is 5.26 Å². The van der Waals surface area contributed by atoms with E-state index in [1.54, 1.807) is 32.0 Å². The lowest BCUT2D eigenvalue weighted by molar-refractivity contribution is -0.384. The molecule has 0 aliphatic rings. The number of carbonyl (C=O) groups excluding carboxylic acids is 1. The monoisotopic (exact) mass is 525 g/mol. The van der Waals surface area contributed by atoms with E-state index in [2.05, 4.69) is 5.32 Å². The van der Waals surface area contributed by atoms with Crippen LogP contribution in [0.4, 0.5) is 11.4 Å². The Balaban J connectivity index is 1.89. The van der Waals surface area contributed by atoms with Gasteiger partial charge in [0.1, 0.15) is 23.9 Å². The molecule has 0 atom stereocenters. The van der Waals surface area contributed by atoms with Gasteiger partial charge in [0.2, 0.25) is 0 Å². The van der Waals surface area contributed by atoms with Crippen molar-refractivity contribution in [3.05, 3.63) is 97.0 Å².